The smallest absolute Gasteiger partial charge is 0.326 e. The van der Waals surface area contributed by atoms with Crippen molar-refractivity contribution in [1.82, 2.24) is 0 Å². The second-order valence-corrected chi connectivity index (χ2v) is 3.59. The lowest BCUT2D eigenvalue weighted by Crippen LogP contribution is -2.28. The van der Waals surface area contributed by atoms with E-state index in [4.69, 9.17) is 9.84 Å². The molecule has 7 nitrogen and oxygen atoms in total. The first-order valence-electron chi connectivity index (χ1n) is 5.31. The molecule has 1 atom stereocenters. The van der Waals surface area contributed by atoms with Crippen LogP contribution in [0.2, 0.25) is 0 Å². The molecule has 0 radical (unpaired) electrons. The minimum atomic E-state index is -0.977. The molecule has 1 rings (SSSR count). The molecule has 0 aliphatic heterocycles. The van der Waals surface area contributed by atoms with E-state index in [-0.39, 0.29) is 11.4 Å². The highest BCUT2D eigenvalue weighted by Gasteiger charge is 2.18. The standard InChI is InChI=1S/C11H14N2O5/c1-3-8(11(14)15)12-7-4-5-9(13(16)17)10(6-7)18-2/h4-6,8,12H,3H2,1-2H3,(H,14,15). The van der Waals surface area contributed by atoms with Crippen LogP contribution in [-0.4, -0.2) is 29.2 Å². The van der Waals surface area contributed by atoms with Gasteiger partial charge in [-0.2, -0.15) is 0 Å². The summed E-state index contributed by atoms with van der Waals surface area (Å²) < 4.78 is 4.89. The van der Waals surface area contributed by atoms with Crippen molar-refractivity contribution in [3.05, 3.63) is 28.3 Å². The van der Waals surface area contributed by atoms with Crippen LogP contribution in [-0.2, 0) is 4.79 Å². The number of nitrogens with one attached hydrogen (secondary N) is 1. The van der Waals surface area contributed by atoms with Crippen molar-refractivity contribution in [3.63, 3.8) is 0 Å². The molecular formula is C11H14N2O5. The third-order valence-corrected chi connectivity index (χ3v) is 2.42. The lowest BCUT2D eigenvalue weighted by atomic mass is 10.2. The maximum Gasteiger partial charge on any atom is 0.326 e. The van der Waals surface area contributed by atoms with Gasteiger partial charge >= 0.3 is 11.7 Å². The van der Waals surface area contributed by atoms with Crippen LogP contribution < -0.4 is 10.1 Å². The highest BCUT2D eigenvalue weighted by atomic mass is 16.6. The van der Waals surface area contributed by atoms with Crippen LogP contribution in [0.1, 0.15) is 13.3 Å². The Morgan fingerprint density at radius 1 is 1.61 bits per heavy atom. The van der Waals surface area contributed by atoms with E-state index in [0.717, 1.165) is 0 Å². The molecule has 0 aliphatic rings. The monoisotopic (exact) mass is 254 g/mol. The molecule has 7 heteroatoms. The molecule has 1 aromatic carbocycles. The fourth-order valence-electron chi connectivity index (χ4n) is 1.46. The number of nitrogens with zero attached hydrogens (tertiary/aromatic N) is 1. The van der Waals surface area contributed by atoms with E-state index in [1.54, 1.807) is 6.92 Å². The van der Waals surface area contributed by atoms with E-state index in [9.17, 15) is 14.9 Å². The number of hydrogen-bond acceptors (Lipinski definition) is 5. The number of rotatable bonds is 6. The second-order valence-electron chi connectivity index (χ2n) is 3.59. The molecule has 0 saturated carbocycles. The number of aliphatic carboxylic acids is 1. The third-order valence-electron chi connectivity index (χ3n) is 2.42. The number of nitro benzene ring substituents is 1. The predicted molar refractivity (Wildman–Crippen MR) is 65.0 cm³/mol. The highest BCUT2D eigenvalue weighted by Crippen LogP contribution is 2.29. The summed E-state index contributed by atoms with van der Waals surface area (Å²) in [6.07, 6.45) is 0.397. The molecular weight excluding hydrogens is 240 g/mol. The Kier molecular flexibility index (Phi) is 4.47. The largest absolute Gasteiger partial charge is 0.490 e. The number of ether oxygens (including phenoxy) is 1. The molecule has 0 amide bonds. The number of hydrogen-bond donors (Lipinski definition) is 2. The Morgan fingerprint density at radius 2 is 2.28 bits per heavy atom. The lowest BCUT2D eigenvalue weighted by Gasteiger charge is -2.14. The Hall–Kier alpha value is -2.31. The number of methoxy groups -OCH3 is 1. The van der Waals surface area contributed by atoms with Gasteiger partial charge in [-0.3, -0.25) is 10.1 Å². The molecule has 1 aromatic rings. The minimum absolute atomic E-state index is 0.0882. The van der Waals surface area contributed by atoms with Gasteiger partial charge in [0.1, 0.15) is 6.04 Å². The topological polar surface area (TPSA) is 102 Å². The van der Waals surface area contributed by atoms with Gasteiger partial charge in [-0.25, -0.2) is 4.79 Å². The van der Waals surface area contributed by atoms with Crippen molar-refractivity contribution >= 4 is 17.3 Å². The summed E-state index contributed by atoms with van der Waals surface area (Å²) in [7, 11) is 1.32. The van der Waals surface area contributed by atoms with Gasteiger partial charge in [-0.15, -0.1) is 0 Å². The molecule has 0 saturated heterocycles. The van der Waals surface area contributed by atoms with Crippen LogP contribution in [0, 0.1) is 10.1 Å². The molecule has 0 bridgehead atoms. The van der Waals surface area contributed by atoms with E-state index in [1.165, 1.54) is 25.3 Å². The molecule has 0 fully saturated rings. The first-order chi connectivity index (χ1) is 8.49. The van der Waals surface area contributed by atoms with Gasteiger partial charge < -0.3 is 15.2 Å². The lowest BCUT2D eigenvalue weighted by molar-refractivity contribution is -0.385. The van der Waals surface area contributed by atoms with Crippen molar-refractivity contribution in [2.24, 2.45) is 0 Å². The minimum Gasteiger partial charge on any atom is -0.490 e. The molecule has 0 aliphatic carbocycles. The summed E-state index contributed by atoms with van der Waals surface area (Å²) in [6.45, 7) is 1.73. The SMILES string of the molecule is CCC(Nc1ccc([N+](=O)[O-])c(OC)c1)C(=O)O. The predicted octanol–water partition coefficient (Wildman–Crippen LogP) is 1.88. The first-order valence-corrected chi connectivity index (χ1v) is 5.31. The second kappa shape index (κ2) is 5.85. The van der Waals surface area contributed by atoms with Gasteiger partial charge in [0.05, 0.1) is 12.0 Å². The van der Waals surface area contributed by atoms with E-state index in [2.05, 4.69) is 5.32 Å². The van der Waals surface area contributed by atoms with Gasteiger partial charge in [-0.1, -0.05) is 6.92 Å². The third kappa shape index (κ3) is 3.09. The number of benzene rings is 1. The summed E-state index contributed by atoms with van der Waals surface area (Å²) >= 11 is 0. The summed E-state index contributed by atoms with van der Waals surface area (Å²) in [5.74, 6) is -0.889. The zero-order chi connectivity index (χ0) is 13.7. The fourth-order valence-corrected chi connectivity index (χ4v) is 1.46. The summed E-state index contributed by atoms with van der Waals surface area (Å²) in [5, 5.41) is 22.4. The van der Waals surface area contributed by atoms with E-state index < -0.39 is 16.9 Å². The highest BCUT2D eigenvalue weighted by molar-refractivity contribution is 5.77. The molecule has 2 N–H and O–H groups in total. The van der Waals surface area contributed by atoms with Crippen molar-refractivity contribution < 1.29 is 19.6 Å². The van der Waals surface area contributed by atoms with E-state index in [1.807, 2.05) is 0 Å². The van der Waals surface area contributed by atoms with E-state index >= 15 is 0 Å². The van der Waals surface area contributed by atoms with Crippen molar-refractivity contribution in [2.75, 3.05) is 12.4 Å². The summed E-state index contributed by atoms with van der Waals surface area (Å²) in [5.41, 5.74) is 0.304. The Bertz CT molecular complexity index is 461. The van der Waals surface area contributed by atoms with Crippen molar-refractivity contribution in [1.29, 1.82) is 0 Å². The normalized spacial score (nSPS) is 11.7. The van der Waals surface area contributed by atoms with Gasteiger partial charge in [0.2, 0.25) is 0 Å². The zero-order valence-electron chi connectivity index (χ0n) is 10.0. The average Bonchev–Trinajstić information content (AvgIpc) is 2.34. The quantitative estimate of drug-likeness (QED) is 0.593. The molecule has 18 heavy (non-hydrogen) atoms. The Balaban J connectivity index is 2.98. The zero-order valence-corrected chi connectivity index (χ0v) is 10.0. The first kappa shape index (κ1) is 13.8. The van der Waals surface area contributed by atoms with Gasteiger partial charge in [0.15, 0.2) is 5.75 Å². The molecule has 1 unspecified atom stereocenters. The Labute approximate surface area is 104 Å². The number of nitro groups is 1. The van der Waals surface area contributed by atoms with Gasteiger partial charge in [0.25, 0.3) is 0 Å². The van der Waals surface area contributed by atoms with Crippen molar-refractivity contribution in [3.8, 4) is 5.75 Å². The number of anilines is 1. The molecule has 98 valence electrons. The van der Waals surface area contributed by atoms with Crippen LogP contribution in [0.15, 0.2) is 18.2 Å². The summed E-state index contributed by atoms with van der Waals surface area (Å²) in [4.78, 5) is 21.0. The van der Waals surface area contributed by atoms with Crippen LogP contribution in [0.4, 0.5) is 11.4 Å². The van der Waals surface area contributed by atoms with E-state index in [0.29, 0.717) is 12.1 Å². The number of carboxylic acid groups (broad SMARTS) is 1. The van der Waals surface area contributed by atoms with Crippen LogP contribution in [0.25, 0.3) is 0 Å². The van der Waals surface area contributed by atoms with Gasteiger partial charge in [-0.05, 0) is 12.5 Å². The number of carbonyl (C=O) groups is 1. The molecule has 0 heterocycles. The molecule has 0 aromatic heterocycles. The van der Waals surface area contributed by atoms with Crippen LogP contribution in [0.5, 0.6) is 5.75 Å². The van der Waals surface area contributed by atoms with Crippen molar-refractivity contribution in [2.45, 2.75) is 19.4 Å². The van der Waals surface area contributed by atoms with Crippen LogP contribution in [0.3, 0.4) is 0 Å². The average molecular weight is 254 g/mol. The maximum absolute atomic E-state index is 10.9. The Morgan fingerprint density at radius 3 is 2.72 bits per heavy atom. The molecule has 0 spiro atoms. The fraction of sp³-hybridized carbons (Fsp3) is 0.364. The number of carboxylic acids is 1. The van der Waals surface area contributed by atoms with Crippen LogP contribution >= 0.6 is 0 Å². The maximum atomic E-state index is 10.9. The van der Waals surface area contributed by atoms with Gasteiger partial charge in [0, 0.05) is 17.8 Å². The summed E-state index contributed by atoms with van der Waals surface area (Å²) in [6, 6.07) is 3.39.